The van der Waals surface area contributed by atoms with Crippen molar-refractivity contribution in [3.8, 4) is 11.3 Å². The molecule has 0 spiro atoms. The maximum Gasteiger partial charge on any atom is 0.257 e. The predicted octanol–water partition coefficient (Wildman–Crippen LogP) is 5.15. The van der Waals surface area contributed by atoms with Gasteiger partial charge in [-0.25, -0.2) is 4.52 Å². The van der Waals surface area contributed by atoms with E-state index in [1.54, 1.807) is 6.20 Å². The summed E-state index contributed by atoms with van der Waals surface area (Å²) in [6.45, 7) is 1.64. The third-order valence-electron chi connectivity index (χ3n) is 6.82. The van der Waals surface area contributed by atoms with Crippen molar-refractivity contribution < 1.29 is 9.59 Å². The number of anilines is 1. The van der Waals surface area contributed by atoms with E-state index < -0.39 is 0 Å². The van der Waals surface area contributed by atoms with Gasteiger partial charge in [-0.05, 0) is 56.4 Å². The summed E-state index contributed by atoms with van der Waals surface area (Å²) >= 11 is 0. The van der Waals surface area contributed by atoms with E-state index in [1.165, 1.54) is 12.8 Å². The van der Waals surface area contributed by atoms with Gasteiger partial charge in [0, 0.05) is 30.3 Å². The Morgan fingerprint density at radius 3 is 2.47 bits per heavy atom. The Bertz CT molecular complexity index is 1120. The van der Waals surface area contributed by atoms with Crippen molar-refractivity contribution in [2.75, 3.05) is 18.4 Å². The third-order valence-corrected chi connectivity index (χ3v) is 6.82. The smallest absolute Gasteiger partial charge is 0.257 e. The van der Waals surface area contributed by atoms with Crippen LogP contribution in [0.25, 0.3) is 16.8 Å². The highest BCUT2D eigenvalue weighted by molar-refractivity contribution is 6.01. The number of rotatable bonds is 4. The third kappa shape index (κ3) is 4.14. The van der Waals surface area contributed by atoms with Crippen molar-refractivity contribution in [3.05, 3.63) is 54.2 Å². The fourth-order valence-electron chi connectivity index (χ4n) is 5.03. The second kappa shape index (κ2) is 9.15. The number of nitrogens with zero attached hydrogens (tertiary/aromatic N) is 3. The van der Waals surface area contributed by atoms with Gasteiger partial charge < -0.3 is 10.2 Å². The lowest BCUT2D eigenvalue weighted by atomic mass is 9.88. The van der Waals surface area contributed by atoms with Gasteiger partial charge in [-0.15, -0.1) is 0 Å². The number of nitrogens with one attached hydrogen (secondary N) is 1. The minimum Gasteiger partial charge on any atom is -0.339 e. The molecule has 32 heavy (non-hydrogen) atoms. The molecular formula is C26H30N4O2. The van der Waals surface area contributed by atoms with E-state index in [0.29, 0.717) is 5.56 Å². The van der Waals surface area contributed by atoms with E-state index in [0.717, 1.165) is 74.1 Å². The fourth-order valence-corrected chi connectivity index (χ4v) is 5.03. The van der Waals surface area contributed by atoms with E-state index in [1.807, 2.05) is 51.9 Å². The number of likely N-dealkylation sites (tertiary alicyclic amines) is 1. The van der Waals surface area contributed by atoms with Crippen LogP contribution >= 0.6 is 0 Å². The van der Waals surface area contributed by atoms with Crippen LogP contribution in [-0.4, -0.2) is 39.4 Å². The predicted molar refractivity (Wildman–Crippen MR) is 126 cm³/mol. The molecule has 1 aliphatic heterocycles. The van der Waals surface area contributed by atoms with Crippen molar-refractivity contribution >= 4 is 23.0 Å². The molecule has 1 N–H and O–H groups in total. The average Bonchev–Trinajstić information content (AvgIpc) is 3.29. The molecule has 0 unspecified atom stereocenters. The largest absolute Gasteiger partial charge is 0.339 e. The van der Waals surface area contributed by atoms with E-state index >= 15 is 0 Å². The van der Waals surface area contributed by atoms with Gasteiger partial charge in [0.25, 0.3) is 5.91 Å². The lowest BCUT2D eigenvalue weighted by molar-refractivity contribution is -0.120. The Kier molecular flexibility index (Phi) is 5.93. The second-order valence-electron chi connectivity index (χ2n) is 9.02. The average molecular weight is 431 g/mol. The molecule has 1 aliphatic carbocycles. The van der Waals surface area contributed by atoms with Crippen LogP contribution in [0.5, 0.6) is 0 Å². The van der Waals surface area contributed by atoms with Gasteiger partial charge in [0.05, 0.1) is 23.0 Å². The summed E-state index contributed by atoms with van der Waals surface area (Å²) in [5, 5.41) is 7.66. The molecule has 166 valence electrons. The Morgan fingerprint density at radius 2 is 1.66 bits per heavy atom. The summed E-state index contributed by atoms with van der Waals surface area (Å²) < 4.78 is 1.83. The minimum atomic E-state index is 0.0605. The first-order valence-corrected chi connectivity index (χ1v) is 11.9. The van der Waals surface area contributed by atoms with Crippen molar-refractivity contribution in [2.24, 2.45) is 5.92 Å². The van der Waals surface area contributed by atoms with Gasteiger partial charge in [-0.2, -0.15) is 5.10 Å². The molecule has 6 heteroatoms. The summed E-state index contributed by atoms with van der Waals surface area (Å²) in [6.07, 6.45) is 10.5. The first kappa shape index (κ1) is 20.7. The number of piperidine rings is 1. The van der Waals surface area contributed by atoms with E-state index in [-0.39, 0.29) is 17.7 Å². The molecular weight excluding hydrogens is 400 g/mol. The van der Waals surface area contributed by atoms with Gasteiger partial charge in [-0.3, -0.25) is 9.59 Å². The lowest BCUT2D eigenvalue weighted by Gasteiger charge is -2.26. The molecule has 2 amide bonds. The van der Waals surface area contributed by atoms with Gasteiger partial charge in [0.1, 0.15) is 0 Å². The molecule has 3 heterocycles. The summed E-state index contributed by atoms with van der Waals surface area (Å²) in [6, 6.07) is 13.8. The number of amides is 2. The van der Waals surface area contributed by atoms with Crippen LogP contribution in [0.4, 0.5) is 5.69 Å². The van der Waals surface area contributed by atoms with Crippen LogP contribution in [-0.2, 0) is 4.79 Å². The zero-order valence-corrected chi connectivity index (χ0v) is 18.4. The van der Waals surface area contributed by atoms with Crippen LogP contribution in [0.2, 0.25) is 0 Å². The first-order chi connectivity index (χ1) is 15.7. The maximum atomic E-state index is 13.1. The van der Waals surface area contributed by atoms with Gasteiger partial charge in [0.15, 0.2) is 0 Å². The number of pyridine rings is 1. The van der Waals surface area contributed by atoms with Gasteiger partial charge in [0.2, 0.25) is 5.91 Å². The first-order valence-electron chi connectivity index (χ1n) is 11.9. The Balaban J connectivity index is 1.41. The van der Waals surface area contributed by atoms with Crippen molar-refractivity contribution in [3.63, 3.8) is 0 Å². The van der Waals surface area contributed by atoms with Crippen molar-refractivity contribution in [2.45, 2.75) is 51.4 Å². The van der Waals surface area contributed by atoms with Gasteiger partial charge >= 0.3 is 0 Å². The molecule has 3 aromatic rings. The fraction of sp³-hybridized carbons (Fsp3) is 0.423. The van der Waals surface area contributed by atoms with Crippen LogP contribution < -0.4 is 5.32 Å². The number of fused-ring (bicyclic) bond motifs is 1. The molecule has 1 saturated carbocycles. The number of hydrogen-bond donors (Lipinski definition) is 1. The van der Waals surface area contributed by atoms with Crippen molar-refractivity contribution in [1.82, 2.24) is 14.5 Å². The van der Waals surface area contributed by atoms with Crippen LogP contribution in [0.3, 0.4) is 0 Å². The summed E-state index contributed by atoms with van der Waals surface area (Å²) in [4.78, 5) is 27.7. The standard InChI is InChI=1S/C26H30N4O2/c31-25(19-9-3-1-4-10-19)28-21-12-7-11-20(17-21)23-13-8-14-24-22(18-27-30(23)24)26(32)29-15-5-2-6-16-29/h7-8,11-14,17-19H,1-6,9-10,15-16H2,(H,28,31). The summed E-state index contributed by atoms with van der Waals surface area (Å²) in [5.41, 5.74) is 4.11. The summed E-state index contributed by atoms with van der Waals surface area (Å²) in [7, 11) is 0. The SMILES string of the molecule is O=C(Nc1cccc(-c2cccc3c(C(=O)N4CCCCC4)cnn23)c1)C1CCCCC1. The highest BCUT2D eigenvalue weighted by Gasteiger charge is 2.23. The zero-order chi connectivity index (χ0) is 21.9. The van der Waals surface area contributed by atoms with Crippen LogP contribution in [0, 0.1) is 5.92 Å². The van der Waals surface area contributed by atoms with Crippen LogP contribution in [0.15, 0.2) is 48.7 Å². The van der Waals surface area contributed by atoms with Crippen molar-refractivity contribution in [1.29, 1.82) is 0 Å². The number of carbonyl (C=O) groups is 2. The molecule has 2 fully saturated rings. The Morgan fingerprint density at radius 1 is 0.906 bits per heavy atom. The molecule has 1 saturated heterocycles. The quantitative estimate of drug-likeness (QED) is 0.623. The molecule has 2 aliphatic rings. The lowest BCUT2D eigenvalue weighted by Crippen LogP contribution is -2.35. The monoisotopic (exact) mass is 430 g/mol. The Labute approximate surface area is 188 Å². The van der Waals surface area contributed by atoms with E-state index in [4.69, 9.17) is 0 Å². The van der Waals surface area contributed by atoms with E-state index in [2.05, 4.69) is 10.4 Å². The summed E-state index contributed by atoms with van der Waals surface area (Å²) in [5.74, 6) is 0.296. The number of carbonyl (C=O) groups excluding carboxylic acids is 2. The highest BCUT2D eigenvalue weighted by Crippen LogP contribution is 2.28. The van der Waals surface area contributed by atoms with E-state index in [9.17, 15) is 9.59 Å². The molecule has 5 rings (SSSR count). The number of hydrogen-bond acceptors (Lipinski definition) is 3. The van der Waals surface area contributed by atoms with Crippen LogP contribution in [0.1, 0.15) is 61.7 Å². The maximum absolute atomic E-state index is 13.1. The molecule has 2 aromatic heterocycles. The number of aromatic nitrogens is 2. The second-order valence-corrected chi connectivity index (χ2v) is 9.02. The topological polar surface area (TPSA) is 66.7 Å². The molecule has 0 atom stereocenters. The van der Waals surface area contributed by atoms with Gasteiger partial charge in [-0.1, -0.05) is 37.5 Å². The molecule has 1 aromatic carbocycles. The normalized spacial score (nSPS) is 17.4. The molecule has 6 nitrogen and oxygen atoms in total. The highest BCUT2D eigenvalue weighted by atomic mass is 16.2. The minimum absolute atomic E-state index is 0.0605. The number of benzene rings is 1. The Hall–Kier alpha value is -3.15. The molecule has 0 bridgehead atoms. The zero-order valence-electron chi connectivity index (χ0n) is 18.4. The molecule has 0 radical (unpaired) electrons.